The minimum atomic E-state index is -0.0775. The van der Waals surface area contributed by atoms with Gasteiger partial charge in [-0.25, -0.2) is 4.39 Å². The van der Waals surface area contributed by atoms with E-state index in [0.717, 1.165) is 28.5 Å². The first-order valence-electron chi connectivity index (χ1n) is 4.46. The van der Waals surface area contributed by atoms with E-state index in [4.69, 9.17) is 0 Å². The molecule has 2 rings (SSSR count). The summed E-state index contributed by atoms with van der Waals surface area (Å²) in [5, 5.41) is 3.31. The van der Waals surface area contributed by atoms with Crippen LogP contribution in [0, 0.1) is 9.39 Å². The van der Waals surface area contributed by atoms with Crippen molar-refractivity contribution < 1.29 is 4.39 Å². The van der Waals surface area contributed by atoms with Crippen LogP contribution in [-0.2, 0) is 0 Å². The number of benzene rings is 1. The summed E-state index contributed by atoms with van der Waals surface area (Å²) in [5.41, 5.74) is 0.848. The van der Waals surface area contributed by atoms with Crippen molar-refractivity contribution in [3.63, 3.8) is 0 Å². The lowest BCUT2D eigenvalue weighted by Crippen LogP contribution is -2.15. The van der Waals surface area contributed by atoms with Crippen LogP contribution in [0.3, 0.4) is 0 Å². The number of halogens is 2. The molecular weight excluding hydrogens is 280 g/mol. The van der Waals surface area contributed by atoms with Crippen LogP contribution in [0.15, 0.2) is 18.2 Å². The fraction of sp³-hybridized carbons (Fsp3) is 0.400. The molecule has 0 spiro atoms. The molecule has 13 heavy (non-hydrogen) atoms. The molecule has 1 saturated heterocycles. The zero-order valence-corrected chi connectivity index (χ0v) is 9.34. The van der Waals surface area contributed by atoms with E-state index in [9.17, 15) is 4.39 Å². The van der Waals surface area contributed by atoms with Gasteiger partial charge in [0.1, 0.15) is 5.82 Å². The standard InChI is InChI=1S/C10H11FIN/c11-7-3-1-4-8(12)10(7)9-5-2-6-13-9/h1,3-4,9,13H,2,5-6H2. The summed E-state index contributed by atoms with van der Waals surface area (Å²) < 4.78 is 14.5. The molecule has 1 aliphatic rings. The second-order valence-corrected chi connectivity index (χ2v) is 4.45. The number of rotatable bonds is 1. The third-order valence-electron chi connectivity index (χ3n) is 2.41. The summed E-state index contributed by atoms with van der Waals surface area (Å²) in [4.78, 5) is 0. The Bertz CT molecular complexity index is 288. The van der Waals surface area contributed by atoms with Crippen LogP contribution in [0.25, 0.3) is 0 Å². The summed E-state index contributed by atoms with van der Waals surface area (Å²) in [5.74, 6) is -0.0775. The van der Waals surface area contributed by atoms with Crippen molar-refractivity contribution in [2.24, 2.45) is 0 Å². The van der Waals surface area contributed by atoms with Gasteiger partial charge in [0.15, 0.2) is 0 Å². The van der Waals surface area contributed by atoms with Crippen LogP contribution in [-0.4, -0.2) is 6.54 Å². The van der Waals surface area contributed by atoms with Crippen LogP contribution < -0.4 is 5.32 Å². The molecule has 0 bridgehead atoms. The zero-order chi connectivity index (χ0) is 9.26. The van der Waals surface area contributed by atoms with Crippen LogP contribution >= 0.6 is 22.6 Å². The van der Waals surface area contributed by atoms with Crippen LogP contribution in [0.2, 0.25) is 0 Å². The monoisotopic (exact) mass is 291 g/mol. The maximum Gasteiger partial charge on any atom is 0.129 e. The van der Waals surface area contributed by atoms with E-state index in [2.05, 4.69) is 27.9 Å². The molecule has 1 unspecified atom stereocenters. The van der Waals surface area contributed by atoms with Crippen molar-refractivity contribution in [1.29, 1.82) is 0 Å². The van der Waals surface area contributed by atoms with E-state index in [0.29, 0.717) is 0 Å². The molecule has 3 heteroatoms. The highest BCUT2D eigenvalue weighted by Crippen LogP contribution is 2.28. The molecule has 1 aromatic carbocycles. The van der Waals surface area contributed by atoms with Crippen LogP contribution in [0.1, 0.15) is 24.4 Å². The highest BCUT2D eigenvalue weighted by atomic mass is 127. The lowest BCUT2D eigenvalue weighted by atomic mass is 10.1. The predicted octanol–water partition coefficient (Wildman–Crippen LogP) is 2.85. The first-order valence-corrected chi connectivity index (χ1v) is 5.54. The van der Waals surface area contributed by atoms with Gasteiger partial charge in [0, 0.05) is 15.2 Å². The van der Waals surface area contributed by atoms with Gasteiger partial charge in [-0.2, -0.15) is 0 Å². The SMILES string of the molecule is Fc1cccc(I)c1C1CCCN1. The van der Waals surface area contributed by atoms with E-state index in [1.165, 1.54) is 6.07 Å². The van der Waals surface area contributed by atoms with Gasteiger partial charge in [-0.15, -0.1) is 0 Å². The second kappa shape index (κ2) is 3.92. The molecule has 0 saturated carbocycles. The van der Waals surface area contributed by atoms with Crippen LogP contribution in [0.4, 0.5) is 4.39 Å². The van der Waals surface area contributed by atoms with Gasteiger partial charge in [-0.3, -0.25) is 0 Å². The second-order valence-electron chi connectivity index (χ2n) is 3.28. The van der Waals surface area contributed by atoms with Gasteiger partial charge in [0.25, 0.3) is 0 Å². The Balaban J connectivity index is 2.37. The Morgan fingerprint density at radius 3 is 2.92 bits per heavy atom. The number of hydrogen-bond acceptors (Lipinski definition) is 1. The molecule has 1 aromatic rings. The Hall–Kier alpha value is -0.160. The van der Waals surface area contributed by atoms with Crippen molar-refractivity contribution in [2.45, 2.75) is 18.9 Å². The molecule has 1 fully saturated rings. The van der Waals surface area contributed by atoms with E-state index < -0.39 is 0 Å². The number of hydrogen-bond donors (Lipinski definition) is 1. The molecule has 1 atom stereocenters. The minimum Gasteiger partial charge on any atom is -0.310 e. The van der Waals surface area contributed by atoms with Crippen molar-refractivity contribution in [1.82, 2.24) is 5.32 Å². The van der Waals surface area contributed by atoms with Crippen molar-refractivity contribution in [3.8, 4) is 0 Å². The molecule has 70 valence electrons. The van der Waals surface area contributed by atoms with Gasteiger partial charge < -0.3 is 5.32 Å². The van der Waals surface area contributed by atoms with E-state index in [1.54, 1.807) is 6.07 Å². The maximum absolute atomic E-state index is 13.5. The Morgan fingerprint density at radius 2 is 2.31 bits per heavy atom. The molecule has 1 N–H and O–H groups in total. The quantitative estimate of drug-likeness (QED) is 0.785. The molecule has 1 nitrogen and oxygen atoms in total. The molecule has 0 aromatic heterocycles. The van der Waals surface area contributed by atoms with E-state index in [-0.39, 0.29) is 11.9 Å². The molecule has 0 aliphatic carbocycles. The van der Waals surface area contributed by atoms with E-state index in [1.807, 2.05) is 6.07 Å². The van der Waals surface area contributed by atoms with E-state index >= 15 is 0 Å². The smallest absolute Gasteiger partial charge is 0.129 e. The van der Waals surface area contributed by atoms with Gasteiger partial charge >= 0.3 is 0 Å². The van der Waals surface area contributed by atoms with Gasteiger partial charge in [-0.1, -0.05) is 6.07 Å². The van der Waals surface area contributed by atoms with Gasteiger partial charge in [-0.05, 0) is 54.1 Å². The van der Waals surface area contributed by atoms with Crippen molar-refractivity contribution in [3.05, 3.63) is 33.1 Å². The molecule has 1 heterocycles. The molecule has 1 aliphatic heterocycles. The first-order chi connectivity index (χ1) is 6.29. The molecule has 0 amide bonds. The Morgan fingerprint density at radius 1 is 1.46 bits per heavy atom. The van der Waals surface area contributed by atoms with Gasteiger partial charge in [0.05, 0.1) is 0 Å². The van der Waals surface area contributed by atoms with Gasteiger partial charge in [0.2, 0.25) is 0 Å². The number of nitrogens with one attached hydrogen (secondary N) is 1. The summed E-state index contributed by atoms with van der Waals surface area (Å²) in [7, 11) is 0. The third kappa shape index (κ3) is 1.86. The van der Waals surface area contributed by atoms with Crippen molar-refractivity contribution >= 4 is 22.6 Å². The third-order valence-corrected chi connectivity index (χ3v) is 3.35. The maximum atomic E-state index is 13.5. The summed E-state index contributed by atoms with van der Waals surface area (Å²) in [6.07, 6.45) is 2.20. The fourth-order valence-electron chi connectivity index (χ4n) is 1.77. The highest BCUT2D eigenvalue weighted by Gasteiger charge is 2.21. The zero-order valence-electron chi connectivity index (χ0n) is 7.19. The predicted molar refractivity (Wildman–Crippen MR) is 59.1 cm³/mol. The molecular formula is C10H11FIN. The largest absolute Gasteiger partial charge is 0.310 e. The molecule has 0 radical (unpaired) electrons. The fourth-order valence-corrected chi connectivity index (χ4v) is 2.62. The summed E-state index contributed by atoms with van der Waals surface area (Å²) in [6.45, 7) is 1.01. The topological polar surface area (TPSA) is 12.0 Å². The normalized spacial score (nSPS) is 22.2. The minimum absolute atomic E-state index is 0.0775. The average molecular weight is 291 g/mol. The lowest BCUT2D eigenvalue weighted by molar-refractivity contribution is 0.556. The lowest BCUT2D eigenvalue weighted by Gasteiger charge is -2.13. The average Bonchev–Trinajstić information content (AvgIpc) is 2.57. The van der Waals surface area contributed by atoms with Crippen LogP contribution in [0.5, 0.6) is 0 Å². The highest BCUT2D eigenvalue weighted by molar-refractivity contribution is 14.1. The van der Waals surface area contributed by atoms with Crippen molar-refractivity contribution in [2.75, 3.05) is 6.54 Å². The summed E-state index contributed by atoms with van der Waals surface area (Å²) in [6, 6.07) is 5.49. The Labute approximate surface area is 90.9 Å². The Kier molecular flexibility index (Phi) is 2.83. The first kappa shape index (κ1) is 9.40. The summed E-state index contributed by atoms with van der Waals surface area (Å²) >= 11 is 2.20.